The van der Waals surface area contributed by atoms with Crippen molar-refractivity contribution in [2.75, 3.05) is 38.5 Å². The Bertz CT molecular complexity index is 1030. The SMILES string of the molecule is CN1CCN(C(=O)c2ccc(-c3cncc(C(=O)Nc4ccccc4)c3)cc2)CC1. The molecule has 1 fully saturated rings. The van der Waals surface area contributed by atoms with Crippen LogP contribution in [-0.4, -0.2) is 59.8 Å². The molecule has 1 N–H and O–H groups in total. The van der Waals surface area contributed by atoms with E-state index in [9.17, 15) is 9.59 Å². The number of aromatic nitrogens is 1. The first-order valence-electron chi connectivity index (χ1n) is 10.00. The maximum absolute atomic E-state index is 12.7. The van der Waals surface area contributed by atoms with Crippen molar-refractivity contribution in [3.05, 3.63) is 84.2 Å². The summed E-state index contributed by atoms with van der Waals surface area (Å²) in [5, 5.41) is 2.87. The summed E-state index contributed by atoms with van der Waals surface area (Å²) < 4.78 is 0. The van der Waals surface area contributed by atoms with Gasteiger partial charge in [0.25, 0.3) is 11.8 Å². The minimum atomic E-state index is -0.211. The molecule has 0 bridgehead atoms. The highest BCUT2D eigenvalue weighted by atomic mass is 16.2. The number of para-hydroxylation sites is 1. The van der Waals surface area contributed by atoms with Crippen molar-refractivity contribution in [2.45, 2.75) is 0 Å². The Morgan fingerprint density at radius 2 is 1.53 bits per heavy atom. The van der Waals surface area contributed by atoms with Crippen molar-refractivity contribution in [2.24, 2.45) is 0 Å². The van der Waals surface area contributed by atoms with Gasteiger partial charge in [-0.15, -0.1) is 0 Å². The highest BCUT2D eigenvalue weighted by molar-refractivity contribution is 6.04. The third-order valence-electron chi connectivity index (χ3n) is 5.29. The number of piperazine rings is 1. The van der Waals surface area contributed by atoms with Crippen LogP contribution in [0.1, 0.15) is 20.7 Å². The van der Waals surface area contributed by atoms with E-state index in [2.05, 4.69) is 22.2 Å². The number of hydrogen-bond acceptors (Lipinski definition) is 4. The number of pyridine rings is 1. The van der Waals surface area contributed by atoms with Crippen LogP contribution >= 0.6 is 0 Å². The quantitative estimate of drug-likeness (QED) is 0.729. The molecule has 1 aliphatic rings. The van der Waals surface area contributed by atoms with Crippen molar-refractivity contribution in [1.29, 1.82) is 0 Å². The molecule has 3 aromatic rings. The Hall–Kier alpha value is -3.51. The molecule has 6 heteroatoms. The minimum Gasteiger partial charge on any atom is -0.336 e. The van der Waals surface area contributed by atoms with Crippen LogP contribution in [0, 0.1) is 0 Å². The number of likely N-dealkylation sites (N-methyl/N-ethyl adjacent to an activating group) is 1. The normalized spacial score (nSPS) is 14.4. The van der Waals surface area contributed by atoms with E-state index in [1.54, 1.807) is 12.4 Å². The molecule has 30 heavy (non-hydrogen) atoms. The summed E-state index contributed by atoms with van der Waals surface area (Å²) in [4.78, 5) is 33.6. The lowest BCUT2D eigenvalue weighted by Crippen LogP contribution is -2.47. The molecule has 0 unspecified atom stereocenters. The van der Waals surface area contributed by atoms with Crippen LogP contribution in [0.25, 0.3) is 11.1 Å². The minimum absolute atomic E-state index is 0.0590. The van der Waals surface area contributed by atoms with Gasteiger partial charge >= 0.3 is 0 Å². The van der Waals surface area contributed by atoms with Crippen LogP contribution < -0.4 is 5.32 Å². The van der Waals surface area contributed by atoms with E-state index in [1.165, 1.54) is 0 Å². The average molecular weight is 400 g/mol. The van der Waals surface area contributed by atoms with Crippen molar-refractivity contribution in [3.8, 4) is 11.1 Å². The molecular formula is C24H24N4O2. The standard InChI is InChI=1S/C24H24N4O2/c1-27-11-13-28(14-12-27)24(30)19-9-7-18(8-10-19)20-15-21(17-25-16-20)23(29)26-22-5-3-2-4-6-22/h2-10,15-17H,11-14H2,1H3,(H,26,29). The van der Waals surface area contributed by atoms with E-state index in [1.807, 2.05) is 65.6 Å². The van der Waals surface area contributed by atoms with Crippen LogP contribution in [0.3, 0.4) is 0 Å². The Morgan fingerprint density at radius 3 is 2.23 bits per heavy atom. The zero-order valence-electron chi connectivity index (χ0n) is 16.9. The zero-order valence-corrected chi connectivity index (χ0v) is 16.9. The van der Waals surface area contributed by atoms with Crippen molar-refractivity contribution < 1.29 is 9.59 Å². The van der Waals surface area contributed by atoms with Gasteiger partial charge in [0, 0.05) is 55.4 Å². The maximum Gasteiger partial charge on any atom is 0.257 e. The number of rotatable bonds is 4. The summed E-state index contributed by atoms with van der Waals surface area (Å²) in [6.45, 7) is 3.29. The van der Waals surface area contributed by atoms with Crippen LogP contribution in [0.5, 0.6) is 0 Å². The molecule has 0 aliphatic carbocycles. The first-order chi connectivity index (χ1) is 14.6. The Kier molecular flexibility index (Phi) is 5.86. The molecule has 1 aromatic heterocycles. The van der Waals surface area contributed by atoms with Crippen LogP contribution in [0.4, 0.5) is 5.69 Å². The van der Waals surface area contributed by atoms with Crippen LogP contribution in [0.15, 0.2) is 73.1 Å². The second-order valence-electron chi connectivity index (χ2n) is 7.46. The summed E-state index contributed by atoms with van der Waals surface area (Å²) >= 11 is 0. The van der Waals surface area contributed by atoms with Crippen LogP contribution in [0.2, 0.25) is 0 Å². The number of nitrogens with one attached hydrogen (secondary N) is 1. The number of carbonyl (C=O) groups is 2. The number of hydrogen-bond donors (Lipinski definition) is 1. The van der Waals surface area contributed by atoms with Gasteiger partial charge in [0.1, 0.15) is 0 Å². The predicted octanol–water partition coefficient (Wildman–Crippen LogP) is 3.39. The second-order valence-corrected chi connectivity index (χ2v) is 7.46. The monoisotopic (exact) mass is 400 g/mol. The fourth-order valence-electron chi connectivity index (χ4n) is 3.44. The largest absolute Gasteiger partial charge is 0.336 e. The molecule has 6 nitrogen and oxygen atoms in total. The van der Waals surface area contributed by atoms with Gasteiger partial charge in [-0.1, -0.05) is 30.3 Å². The smallest absolute Gasteiger partial charge is 0.257 e. The fraction of sp³-hybridized carbons (Fsp3) is 0.208. The van der Waals surface area contributed by atoms with E-state index in [0.29, 0.717) is 11.1 Å². The van der Waals surface area contributed by atoms with Gasteiger partial charge in [-0.05, 0) is 42.9 Å². The number of anilines is 1. The Morgan fingerprint density at radius 1 is 0.833 bits per heavy atom. The Balaban J connectivity index is 1.47. The second kappa shape index (κ2) is 8.88. The van der Waals surface area contributed by atoms with Gasteiger partial charge < -0.3 is 15.1 Å². The molecule has 0 radical (unpaired) electrons. The third kappa shape index (κ3) is 4.55. The lowest BCUT2D eigenvalue weighted by Gasteiger charge is -2.32. The van der Waals surface area contributed by atoms with Gasteiger partial charge in [-0.25, -0.2) is 0 Å². The summed E-state index contributed by atoms with van der Waals surface area (Å²) in [6, 6.07) is 18.6. The molecule has 2 amide bonds. The average Bonchev–Trinajstić information content (AvgIpc) is 2.80. The number of amides is 2. The number of benzene rings is 2. The highest BCUT2D eigenvalue weighted by Gasteiger charge is 2.20. The highest BCUT2D eigenvalue weighted by Crippen LogP contribution is 2.21. The molecule has 152 valence electrons. The van der Waals surface area contributed by atoms with Crippen molar-refractivity contribution in [3.63, 3.8) is 0 Å². The topological polar surface area (TPSA) is 65.5 Å². The lowest BCUT2D eigenvalue weighted by atomic mass is 10.0. The number of carbonyl (C=O) groups excluding carboxylic acids is 2. The molecular weight excluding hydrogens is 376 g/mol. The zero-order chi connectivity index (χ0) is 20.9. The third-order valence-corrected chi connectivity index (χ3v) is 5.29. The summed E-state index contributed by atoms with van der Waals surface area (Å²) in [6.07, 6.45) is 3.27. The number of nitrogens with zero attached hydrogens (tertiary/aromatic N) is 3. The molecule has 4 rings (SSSR count). The summed E-state index contributed by atoms with van der Waals surface area (Å²) in [5.74, 6) is -0.152. The van der Waals surface area contributed by atoms with Crippen LogP contribution in [-0.2, 0) is 0 Å². The Labute approximate surface area is 176 Å². The first kappa shape index (κ1) is 19.8. The van der Waals surface area contributed by atoms with Crippen molar-refractivity contribution in [1.82, 2.24) is 14.8 Å². The molecule has 2 aromatic carbocycles. The molecule has 1 aliphatic heterocycles. The van der Waals surface area contributed by atoms with Crippen molar-refractivity contribution >= 4 is 17.5 Å². The van der Waals surface area contributed by atoms with Gasteiger partial charge in [0.05, 0.1) is 5.56 Å². The van der Waals surface area contributed by atoms with E-state index in [4.69, 9.17) is 0 Å². The molecule has 1 saturated heterocycles. The summed E-state index contributed by atoms with van der Waals surface area (Å²) in [5.41, 5.74) is 3.63. The van der Waals surface area contributed by atoms with E-state index < -0.39 is 0 Å². The fourth-order valence-corrected chi connectivity index (χ4v) is 3.44. The van der Waals surface area contributed by atoms with E-state index in [-0.39, 0.29) is 11.8 Å². The maximum atomic E-state index is 12.7. The lowest BCUT2D eigenvalue weighted by molar-refractivity contribution is 0.0664. The molecule has 0 atom stereocenters. The summed E-state index contributed by atoms with van der Waals surface area (Å²) in [7, 11) is 2.07. The molecule has 0 spiro atoms. The van der Waals surface area contributed by atoms with Gasteiger partial charge in [0.2, 0.25) is 0 Å². The molecule has 0 saturated carbocycles. The van der Waals surface area contributed by atoms with Gasteiger partial charge in [-0.2, -0.15) is 0 Å². The first-order valence-corrected chi connectivity index (χ1v) is 10.00. The van der Waals surface area contributed by atoms with E-state index >= 15 is 0 Å². The van der Waals surface area contributed by atoms with Gasteiger partial charge in [-0.3, -0.25) is 14.6 Å². The predicted molar refractivity (Wildman–Crippen MR) is 117 cm³/mol. The molecule has 2 heterocycles. The van der Waals surface area contributed by atoms with E-state index in [0.717, 1.165) is 43.0 Å². The van der Waals surface area contributed by atoms with Gasteiger partial charge in [0.15, 0.2) is 0 Å².